The van der Waals surface area contributed by atoms with Gasteiger partial charge in [-0.3, -0.25) is 0 Å². The average molecular weight is 256 g/mol. The molecule has 0 atom stereocenters. The van der Waals surface area contributed by atoms with Crippen LogP contribution in [0.1, 0.15) is 19.8 Å². The lowest BCUT2D eigenvalue weighted by Gasteiger charge is -2.14. The number of aromatic nitrogens is 2. The van der Waals surface area contributed by atoms with Crippen molar-refractivity contribution in [2.24, 2.45) is 0 Å². The van der Waals surface area contributed by atoms with Crippen LogP contribution in [0.2, 0.25) is 0 Å². The van der Waals surface area contributed by atoms with Gasteiger partial charge in [0.1, 0.15) is 0 Å². The van der Waals surface area contributed by atoms with Gasteiger partial charge in [-0.25, -0.2) is 9.37 Å². The molecule has 4 nitrogen and oxygen atoms in total. The maximum absolute atomic E-state index is 13.5. The Morgan fingerprint density at radius 3 is 2.82 bits per heavy atom. The fourth-order valence-corrected chi connectivity index (χ4v) is 2.30. The molecular weight excluding hydrogens is 239 g/mol. The molecule has 1 fully saturated rings. The van der Waals surface area contributed by atoms with Crippen LogP contribution in [0.15, 0.2) is 6.20 Å². The second-order valence-corrected chi connectivity index (χ2v) is 5.44. The van der Waals surface area contributed by atoms with E-state index in [-0.39, 0.29) is 10.6 Å². The summed E-state index contributed by atoms with van der Waals surface area (Å²) in [5.41, 5.74) is 0. The standard InChI is InChI=1S/C11H17FN4S/c1-3-13-10-14-6-8(12)9(16-10)15-7-11(17-2)4-5-11/h6H,3-5,7H2,1-2H3,(H2,13,14,15,16). The van der Waals surface area contributed by atoms with Crippen molar-refractivity contribution in [1.82, 2.24) is 9.97 Å². The Labute approximate surface area is 105 Å². The molecular formula is C11H17FN4S. The van der Waals surface area contributed by atoms with Crippen LogP contribution in [0.5, 0.6) is 0 Å². The first-order chi connectivity index (χ1) is 8.19. The Bertz CT molecular complexity index is 395. The quantitative estimate of drug-likeness (QED) is 0.818. The monoisotopic (exact) mass is 256 g/mol. The van der Waals surface area contributed by atoms with Crippen molar-refractivity contribution < 1.29 is 4.39 Å². The Balaban J connectivity index is 2.01. The molecule has 1 aliphatic carbocycles. The minimum absolute atomic E-state index is 0.287. The van der Waals surface area contributed by atoms with E-state index in [9.17, 15) is 4.39 Å². The summed E-state index contributed by atoms with van der Waals surface area (Å²) in [7, 11) is 0. The van der Waals surface area contributed by atoms with E-state index in [2.05, 4.69) is 26.9 Å². The zero-order valence-electron chi connectivity index (χ0n) is 10.1. The predicted octanol–water partition coefficient (Wildman–Crippen LogP) is 2.36. The van der Waals surface area contributed by atoms with Gasteiger partial charge in [0.15, 0.2) is 11.6 Å². The van der Waals surface area contributed by atoms with Gasteiger partial charge >= 0.3 is 0 Å². The van der Waals surface area contributed by atoms with Crippen LogP contribution in [-0.2, 0) is 0 Å². The smallest absolute Gasteiger partial charge is 0.224 e. The molecule has 0 amide bonds. The number of nitrogens with zero attached hydrogens (tertiary/aromatic N) is 2. The number of hydrogen-bond acceptors (Lipinski definition) is 5. The second kappa shape index (κ2) is 5.08. The molecule has 0 spiro atoms. The van der Waals surface area contributed by atoms with E-state index in [1.165, 1.54) is 19.0 Å². The number of nitrogens with one attached hydrogen (secondary N) is 2. The number of anilines is 2. The molecule has 2 rings (SSSR count). The van der Waals surface area contributed by atoms with E-state index in [0.29, 0.717) is 5.95 Å². The molecule has 0 aliphatic heterocycles. The summed E-state index contributed by atoms with van der Waals surface area (Å²) in [6.07, 6.45) is 5.67. The SMILES string of the molecule is CCNc1ncc(F)c(NCC2(SC)CC2)n1. The van der Waals surface area contributed by atoms with Crippen LogP contribution in [-0.4, -0.2) is 34.1 Å². The molecule has 17 heavy (non-hydrogen) atoms. The summed E-state index contributed by atoms with van der Waals surface area (Å²) in [6.45, 7) is 3.43. The molecule has 6 heteroatoms. The van der Waals surface area contributed by atoms with E-state index < -0.39 is 5.82 Å². The largest absolute Gasteiger partial charge is 0.366 e. The molecule has 0 bridgehead atoms. The topological polar surface area (TPSA) is 49.8 Å². The fraction of sp³-hybridized carbons (Fsp3) is 0.636. The van der Waals surface area contributed by atoms with Crippen molar-refractivity contribution in [3.8, 4) is 0 Å². The Morgan fingerprint density at radius 2 is 2.24 bits per heavy atom. The van der Waals surface area contributed by atoms with E-state index in [1.54, 1.807) is 0 Å². The van der Waals surface area contributed by atoms with Crippen molar-refractivity contribution in [2.75, 3.05) is 30.0 Å². The first kappa shape index (κ1) is 12.4. The van der Waals surface area contributed by atoms with Gasteiger partial charge in [-0.15, -0.1) is 0 Å². The molecule has 1 heterocycles. The number of hydrogen-bond donors (Lipinski definition) is 2. The van der Waals surface area contributed by atoms with Gasteiger partial charge in [-0.05, 0) is 26.0 Å². The highest BCUT2D eigenvalue weighted by molar-refractivity contribution is 8.00. The highest BCUT2D eigenvalue weighted by atomic mass is 32.2. The lowest BCUT2D eigenvalue weighted by Crippen LogP contribution is -2.19. The van der Waals surface area contributed by atoms with Crippen LogP contribution < -0.4 is 10.6 Å². The van der Waals surface area contributed by atoms with Crippen molar-refractivity contribution in [3.05, 3.63) is 12.0 Å². The Morgan fingerprint density at radius 1 is 1.47 bits per heavy atom. The Hall–Kier alpha value is -1.04. The van der Waals surface area contributed by atoms with Gasteiger partial charge in [0, 0.05) is 17.8 Å². The molecule has 0 aromatic carbocycles. The summed E-state index contributed by atoms with van der Waals surface area (Å²) < 4.78 is 13.8. The van der Waals surface area contributed by atoms with Crippen LogP contribution in [0.25, 0.3) is 0 Å². The molecule has 1 saturated carbocycles. The first-order valence-corrected chi connectivity index (χ1v) is 6.97. The van der Waals surface area contributed by atoms with Crippen molar-refractivity contribution >= 4 is 23.5 Å². The zero-order valence-corrected chi connectivity index (χ0v) is 10.9. The molecule has 2 N–H and O–H groups in total. The van der Waals surface area contributed by atoms with Crippen LogP contribution in [0.4, 0.5) is 16.2 Å². The molecule has 0 saturated heterocycles. The second-order valence-electron chi connectivity index (χ2n) is 4.16. The molecule has 1 aliphatic rings. The molecule has 0 unspecified atom stereocenters. The van der Waals surface area contributed by atoms with E-state index in [0.717, 1.165) is 13.1 Å². The highest BCUT2D eigenvalue weighted by Gasteiger charge is 2.41. The van der Waals surface area contributed by atoms with Crippen molar-refractivity contribution in [2.45, 2.75) is 24.5 Å². The maximum atomic E-state index is 13.5. The summed E-state index contributed by atoms with van der Waals surface area (Å²) in [6, 6.07) is 0. The van der Waals surface area contributed by atoms with Gasteiger partial charge < -0.3 is 10.6 Å². The third-order valence-corrected chi connectivity index (χ3v) is 4.32. The fourth-order valence-electron chi connectivity index (χ4n) is 1.57. The molecule has 94 valence electrons. The summed E-state index contributed by atoms with van der Waals surface area (Å²) in [5.74, 6) is 0.352. The average Bonchev–Trinajstić information content (AvgIpc) is 3.11. The maximum Gasteiger partial charge on any atom is 0.224 e. The van der Waals surface area contributed by atoms with E-state index in [4.69, 9.17) is 0 Å². The summed E-state index contributed by atoms with van der Waals surface area (Å²) in [4.78, 5) is 7.98. The number of thioether (sulfide) groups is 1. The van der Waals surface area contributed by atoms with Gasteiger partial charge in [0.2, 0.25) is 5.95 Å². The minimum atomic E-state index is -0.399. The summed E-state index contributed by atoms with van der Waals surface area (Å²) in [5, 5.41) is 6.05. The van der Waals surface area contributed by atoms with Crippen molar-refractivity contribution in [1.29, 1.82) is 0 Å². The lowest BCUT2D eigenvalue weighted by molar-refractivity contribution is 0.617. The Kier molecular flexibility index (Phi) is 3.71. The number of rotatable bonds is 6. The summed E-state index contributed by atoms with van der Waals surface area (Å²) >= 11 is 1.83. The normalized spacial score (nSPS) is 16.6. The van der Waals surface area contributed by atoms with Gasteiger partial charge in [0.05, 0.1) is 6.20 Å². The lowest BCUT2D eigenvalue weighted by atomic mass is 10.4. The van der Waals surface area contributed by atoms with E-state index >= 15 is 0 Å². The van der Waals surface area contributed by atoms with Crippen LogP contribution >= 0.6 is 11.8 Å². The third kappa shape index (κ3) is 3.00. The van der Waals surface area contributed by atoms with Crippen LogP contribution in [0, 0.1) is 5.82 Å². The first-order valence-electron chi connectivity index (χ1n) is 5.74. The zero-order chi connectivity index (χ0) is 12.3. The third-order valence-electron chi connectivity index (χ3n) is 2.90. The van der Waals surface area contributed by atoms with Gasteiger partial charge in [0.25, 0.3) is 0 Å². The molecule has 1 aromatic rings. The van der Waals surface area contributed by atoms with Crippen molar-refractivity contribution in [3.63, 3.8) is 0 Å². The van der Waals surface area contributed by atoms with E-state index in [1.807, 2.05) is 18.7 Å². The minimum Gasteiger partial charge on any atom is -0.366 e. The van der Waals surface area contributed by atoms with Gasteiger partial charge in [-0.2, -0.15) is 16.7 Å². The highest BCUT2D eigenvalue weighted by Crippen LogP contribution is 2.47. The van der Waals surface area contributed by atoms with Gasteiger partial charge in [-0.1, -0.05) is 0 Å². The predicted molar refractivity (Wildman–Crippen MR) is 70.1 cm³/mol. The number of halogens is 1. The molecule has 1 aromatic heterocycles. The van der Waals surface area contributed by atoms with Crippen LogP contribution in [0.3, 0.4) is 0 Å². The molecule has 0 radical (unpaired) electrons.